The summed E-state index contributed by atoms with van der Waals surface area (Å²) in [6.07, 6.45) is -1.77. The van der Waals surface area contributed by atoms with Crippen LogP contribution in [-0.4, -0.2) is 22.0 Å². The Morgan fingerprint density at radius 1 is 1.36 bits per heavy atom. The van der Waals surface area contributed by atoms with Crippen LogP contribution in [0.15, 0.2) is 36.7 Å². The van der Waals surface area contributed by atoms with Gasteiger partial charge in [0, 0.05) is 13.2 Å². The van der Waals surface area contributed by atoms with Crippen LogP contribution in [0.25, 0.3) is 0 Å². The van der Waals surface area contributed by atoms with Gasteiger partial charge in [-0.15, -0.1) is 0 Å². The predicted molar refractivity (Wildman–Crippen MR) is 75.3 cm³/mol. The molecule has 5 nitrogen and oxygen atoms in total. The first kappa shape index (κ1) is 15.9. The van der Waals surface area contributed by atoms with E-state index in [-0.39, 0.29) is 5.56 Å². The number of urea groups is 1. The van der Waals surface area contributed by atoms with Crippen molar-refractivity contribution in [2.45, 2.75) is 19.1 Å². The van der Waals surface area contributed by atoms with Gasteiger partial charge in [-0.3, -0.25) is 4.68 Å². The molecule has 0 fully saturated rings. The molecule has 8 heteroatoms. The van der Waals surface area contributed by atoms with Gasteiger partial charge in [-0.1, -0.05) is 29.8 Å². The molecule has 0 bridgehead atoms. The number of rotatable bonds is 3. The lowest BCUT2D eigenvalue weighted by atomic mass is 10.0. The van der Waals surface area contributed by atoms with E-state index in [1.807, 2.05) is 5.32 Å². The van der Waals surface area contributed by atoms with E-state index < -0.39 is 18.2 Å². The average molecular weight is 312 g/mol. The van der Waals surface area contributed by atoms with Crippen LogP contribution in [0.2, 0.25) is 0 Å². The first-order chi connectivity index (χ1) is 10.3. The highest BCUT2D eigenvalue weighted by molar-refractivity contribution is 5.89. The Balaban J connectivity index is 2.15. The van der Waals surface area contributed by atoms with Gasteiger partial charge in [-0.2, -0.15) is 18.3 Å². The fourth-order valence-electron chi connectivity index (χ4n) is 1.99. The lowest BCUT2D eigenvalue weighted by Crippen LogP contribution is -2.40. The number of hydrogen-bond donors (Lipinski definition) is 2. The van der Waals surface area contributed by atoms with Gasteiger partial charge in [0.1, 0.15) is 0 Å². The van der Waals surface area contributed by atoms with E-state index in [1.165, 1.54) is 35.3 Å². The minimum Gasteiger partial charge on any atom is -0.322 e. The summed E-state index contributed by atoms with van der Waals surface area (Å²) in [6.45, 7) is 1.69. The molecule has 0 aliphatic rings. The van der Waals surface area contributed by atoms with Gasteiger partial charge in [0.2, 0.25) is 0 Å². The molecule has 0 radical (unpaired) electrons. The Bertz CT molecular complexity index is 666. The highest BCUT2D eigenvalue weighted by Crippen LogP contribution is 2.33. The van der Waals surface area contributed by atoms with Gasteiger partial charge in [0.25, 0.3) is 0 Å². The SMILES string of the molecule is Cc1cccc(C(NC(=O)Nc2cnn(C)c2)C(F)(F)F)c1. The first-order valence-corrected chi connectivity index (χ1v) is 6.45. The highest BCUT2D eigenvalue weighted by atomic mass is 19.4. The molecule has 1 unspecified atom stereocenters. The molecule has 2 N–H and O–H groups in total. The number of anilines is 1. The second-order valence-corrected chi connectivity index (χ2v) is 4.89. The summed E-state index contributed by atoms with van der Waals surface area (Å²) in [5, 5.41) is 8.08. The van der Waals surface area contributed by atoms with Crippen molar-refractivity contribution in [3.8, 4) is 0 Å². The summed E-state index contributed by atoms with van der Waals surface area (Å²) >= 11 is 0. The maximum absolute atomic E-state index is 13.2. The van der Waals surface area contributed by atoms with Crippen LogP contribution in [0.4, 0.5) is 23.7 Å². The fraction of sp³-hybridized carbons (Fsp3) is 0.286. The minimum absolute atomic E-state index is 0.0196. The van der Waals surface area contributed by atoms with E-state index in [1.54, 1.807) is 20.0 Å². The predicted octanol–water partition coefficient (Wildman–Crippen LogP) is 3.15. The number of carbonyl (C=O) groups excluding carboxylic acids is 1. The molecule has 0 aliphatic carbocycles. The zero-order chi connectivity index (χ0) is 16.3. The minimum atomic E-state index is -4.60. The van der Waals surface area contributed by atoms with Crippen molar-refractivity contribution < 1.29 is 18.0 Å². The molecule has 0 saturated carbocycles. The van der Waals surface area contributed by atoms with Crippen LogP contribution in [0.5, 0.6) is 0 Å². The van der Waals surface area contributed by atoms with Crippen molar-refractivity contribution in [1.29, 1.82) is 0 Å². The van der Waals surface area contributed by atoms with Crippen LogP contribution in [0.3, 0.4) is 0 Å². The Labute approximate surface area is 125 Å². The molecule has 2 amide bonds. The van der Waals surface area contributed by atoms with E-state index in [2.05, 4.69) is 10.4 Å². The van der Waals surface area contributed by atoms with Crippen molar-refractivity contribution in [2.24, 2.45) is 7.05 Å². The Morgan fingerprint density at radius 3 is 2.64 bits per heavy atom. The summed E-state index contributed by atoms with van der Waals surface area (Å²) < 4.78 is 41.0. The zero-order valence-corrected chi connectivity index (χ0v) is 12.0. The molecular formula is C14H15F3N4O. The third-order valence-electron chi connectivity index (χ3n) is 2.94. The second kappa shape index (κ2) is 6.08. The summed E-state index contributed by atoms with van der Waals surface area (Å²) in [6, 6.07) is 2.90. The number of nitrogens with one attached hydrogen (secondary N) is 2. The van der Waals surface area contributed by atoms with Crippen LogP contribution in [0.1, 0.15) is 17.2 Å². The van der Waals surface area contributed by atoms with Gasteiger partial charge < -0.3 is 10.6 Å². The average Bonchev–Trinajstić information content (AvgIpc) is 2.80. The smallest absolute Gasteiger partial charge is 0.322 e. The standard InChI is InChI=1S/C14H15F3N4O/c1-9-4-3-5-10(6-9)12(14(15,16)17)20-13(22)19-11-7-18-21(2)8-11/h3-8,12H,1-2H3,(H2,19,20,22). The first-order valence-electron chi connectivity index (χ1n) is 6.45. The third-order valence-corrected chi connectivity index (χ3v) is 2.94. The zero-order valence-electron chi connectivity index (χ0n) is 12.0. The molecular weight excluding hydrogens is 297 g/mol. The molecule has 2 aromatic rings. The van der Waals surface area contributed by atoms with Crippen molar-refractivity contribution in [3.63, 3.8) is 0 Å². The number of aromatic nitrogens is 2. The topological polar surface area (TPSA) is 59.0 Å². The number of nitrogens with zero attached hydrogens (tertiary/aromatic N) is 2. The van der Waals surface area contributed by atoms with Crippen LogP contribution < -0.4 is 10.6 Å². The number of benzene rings is 1. The maximum Gasteiger partial charge on any atom is 0.412 e. The summed E-state index contributed by atoms with van der Waals surface area (Å²) in [4.78, 5) is 11.8. The number of carbonyl (C=O) groups is 1. The lowest BCUT2D eigenvalue weighted by Gasteiger charge is -2.22. The van der Waals surface area contributed by atoms with E-state index in [9.17, 15) is 18.0 Å². The van der Waals surface area contributed by atoms with E-state index >= 15 is 0 Å². The van der Waals surface area contributed by atoms with Crippen molar-refractivity contribution in [3.05, 3.63) is 47.8 Å². The highest BCUT2D eigenvalue weighted by Gasteiger charge is 2.42. The largest absolute Gasteiger partial charge is 0.412 e. The van der Waals surface area contributed by atoms with Crippen molar-refractivity contribution >= 4 is 11.7 Å². The van der Waals surface area contributed by atoms with Crippen LogP contribution in [-0.2, 0) is 7.05 Å². The molecule has 0 spiro atoms. The number of hydrogen-bond acceptors (Lipinski definition) is 2. The van der Waals surface area contributed by atoms with Gasteiger partial charge >= 0.3 is 12.2 Å². The molecule has 1 heterocycles. The fourth-order valence-corrected chi connectivity index (χ4v) is 1.99. The molecule has 2 rings (SSSR count). The Morgan fingerprint density at radius 2 is 2.09 bits per heavy atom. The number of alkyl halides is 3. The molecule has 1 aromatic heterocycles. The summed E-state index contributed by atoms with van der Waals surface area (Å²) in [7, 11) is 1.63. The summed E-state index contributed by atoms with van der Waals surface area (Å²) in [5.41, 5.74) is 0.972. The van der Waals surface area contributed by atoms with Crippen LogP contribution >= 0.6 is 0 Å². The van der Waals surface area contributed by atoms with Crippen molar-refractivity contribution in [2.75, 3.05) is 5.32 Å². The number of aryl methyl sites for hydroxylation is 2. The van der Waals surface area contributed by atoms with E-state index in [0.717, 1.165) is 0 Å². The number of amides is 2. The molecule has 0 aliphatic heterocycles. The second-order valence-electron chi connectivity index (χ2n) is 4.89. The quantitative estimate of drug-likeness (QED) is 0.914. The molecule has 22 heavy (non-hydrogen) atoms. The molecule has 1 atom stereocenters. The molecule has 1 aromatic carbocycles. The summed E-state index contributed by atoms with van der Waals surface area (Å²) in [5.74, 6) is 0. The van der Waals surface area contributed by atoms with Gasteiger partial charge in [-0.05, 0) is 12.5 Å². The molecule has 118 valence electrons. The van der Waals surface area contributed by atoms with Gasteiger partial charge in [-0.25, -0.2) is 4.79 Å². The van der Waals surface area contributed by atoms with Gasteiger partial charge in [0.15, 0.2) is 6.04 Å². The third kappa shape index (κ3) is 4.00. The van der Waals surface area contributed by atoms with Crippen LogP contribution in [0, 0.1) is 6.92 Å². The Kier molecular flexibility index (Phi) is 4.39. The van der Waals surface area contributed by atoms with Gasteiger partial charge in [0.05, 0.1) is 11.9 Å². The maximum atomic E-state index is 13.2. The normalized spacial score (nSPS) is 12.8. The molecule has 0 saturated heterocycles. The lowest BCUT2D eigenvalue weighted by molar-refractivity contribution is -0.154. The monoisotopic (exact) mass is 312 g/mol. The van der Waals surface area contributed by atoms with Crippen molar-refractivity contribution in [1.82, 2.24) is 15.1 Å². The van der Waals surface area contributed by atoms with E-state index in [0.29, 0.717) is 11.3 Å². The number of halogens is 3. The Hall–Kier alpha value is -2.51. The van der Waals surface area contributed by atoms with E-state index in [4.69, 9.17) is 0 Å².